The van der Waals surface area contributed by atoms with Gasteiger partial charge >= 0.3 is 0 Å². The molecule has 4 nitrogen and oxygen atoms in total. The van der Waals surface area contributed by atoms with Gasteiger partial charge < -0.3 is 15.1 Å². The highest BCUT2D eigenvalue weighted by molar-refractivity contribution is 6.30. The third-order valence-corrected chi connectivity index (χ3v) is 3.32. The molecule has 1 amide bonds. The van der Waals surface area contributed by atoms with Crippen LogP contribution >= 0.6 is 11.6 Å². The fraction of sp³-hybridized carbons (Fsp3) is 0.312. The van der Waals surface area contributed by atoms with E-state index in [0.29, 0.717) is 19.5 Å². The molecule has 112 valence electrons. The van der Waals surface area contributed by atoms with E-state index in [1.54, 1.807) is 12.3 Å². The first-order valence-electron chi connectivity index (χ1n) is 6.98. The smallest absolute Gasteiger partial charge is 0.221 e. The summed E-state index contributed by atoms with van der Waals surface area (Å²) in [5, 5.41) is 6.82. The molecule has 0 aliphatic carbocycles. The van der Waals surface area contributed by atoms with Crippen LogP contribution in [0.4, 0.5) is 0 Å². The van der Waals surface area contributed by atoms with Crippen LogP contribution in [0.5, 0.6) is 0 Å². The van der Waals surface area contributed by atoms with E-state index in [4.69, 9.17) is 16.0 Å². The van der Waals surface area contributed by atoms with E-state index in [2.05, 4.69) is 10.6 Å². The van der Waals surface area contributed by atoms with Crippen molar-refractivity contribution in [1.29, 1.82) is 0 Å². The summed E-state index contributed by atoms with van der Waals surface area (Å²) in [6.07, 6.45) is 2.98. The number of furan rings is 1. The van der Waals surface area contributed by atoms with Crippen molar-refractivity contribution in [3.05, 3.63) is 59.0 Å². The Balaban J connectivity index is 1.53. The molecule has 0 fully saturated rings. The first-order chi connectivity index (χ1) is 10.2. The molecule has 0 saturated heterocycles. The zero-order chi connectivity index (χ0) is 14.9. The molecule has 0 radical (unpaired) electrons. The lowest BCUT2D eigenvalue weighted by Gasteiger charge is -2.06. The minimum atomic E-state index is 0.0189. The first-order valence-corrected chi connectivity index (χ1v) is 7.36. The van der Waals surface area contributed by atoms with Gasteiger partial charge in [-0.15, -0.1) is 0 Å². The average molecular weight is 307 g/mol. The summed E-state index contributed by atoms with van der Waals surface area (Å²) < 4.78 is 5.14. The lowest BCUT2D eigenvalue weighted by atomic mass is 10.1. The van der Waals surface area contributed by atoms with E-state index in [0.717, 1.165) is 23.7 Å². The van der Waals surface area contributed by atoms with Gasteiger partial charge in [0.05, 0.1) is 12.8 Å². The maximum Gasteiger partial charge on any atom is 0.221 e. The number of hydrogen-bond acceptors (Lipinski definition) is 3. The van der Waals surface area contributed by atoms with E-state index in [1.165, 1.54) is 5.56 Å². The van der Waals surface area contributed by atoms with Gasteiger partial charge in [0.1, 0.15) is 5.76 Å². The SMILES string of the molecule is O=C(CCNCCc1ccc(Cl)cc1)NCc1ccco1. The number of benzene rings is 1. The van der Waals surface area contributed by atoms with Crippen LogP contribution < -0.4 is 10.6 Å². The number of halogens is 1. The number of nitrogens with one attached hydrogen (secondary N) is 2. The zero-order valence-electron chi connectivity index (χ0n) is 11.8. The largest absolute Gasteiger partial charge is 0.467 e. The van der Waals surface area contributed by atoms with Crippen molar-refractivity contribution < 1.29 is 9.21 Å². The molecule has 0 bridgehead atoms. The molecule has 1 aromatic heterocycles. The van der Waals surface area contributed by atoms with Crippen LogP contribution in [0.15, 0.2) is 47.1 Å². The number of carbonyl (C=O) groups is 1. The molecule has 1 aromatic carbocycles. The molecule has 21 heavy (non-hydrogen) atoms. The molecule has 5 heteroatoms. The fourth-order valence-corrected chi connectivity index (χ4v) is 2.02. The second-order valence-electron chi connectivity index (χ2n) is 4.73. The van der Waals surface area contributed by atoms with Crippen molar-refractivity contribution in [3.8, 4) is 0 Å². The van der Waals surface area contributed by atoms with Crippen LogP contribution in [0, 0.1) is 0 Å². The Labute approximate surface area is 129 Å². The maximum absolute atomic E-state index is 11.6. The number of carbonyl (C=O) groups excluding carboxylic acids is 1. The van der Waals surface area contributed by atoms with E-state index in [9.17, 15) is 4.79 Å². The molecule has 0 aliphatic rings. The van der Waals surface area contributed by atoms with Gasteiger partial charge in [0.25, 0.3) is 0 Å². The Bertz CT molecular complexity index is 538. The Hall–Kier alpha value is -1.78. The number of rotatable bonds is 8. The van der Waals surface area contributed by atoms with E-state index in [-0.39, 0.29) is 5.91 Å². The van der Waals surface area contributed by atoms with Crippen molar-refractivity contribution in [2.24, 2.45) is 0 Å². The standard InChI is InChI=1S/C16H19ClN2O2/c17-14-5-3-13(4-6-14)7-9-18-10-8-16(20)19-12-15-2-1-11-21-15/h1-6,11,18H,7-10,12H2,(H,19,20). The lowest BCUT2D eigenvalue weighted by molar-refractivity contribution is -0.121. The van der Waals surface area contributed by atoms with E-state index >= 15 is 0 Å². The van der Waals surface area contributed by atoms with Gasteiger partial charge in [0, 0.05) is 18.0 Å². The van der Waals surface area contributed by atoms with Gasteiger partial charge in [-0.1, -0.05) is 23.7 Å². The molecule has 2 aromatic rings. The second kappa shape index (κ2) is 8.49. The van der Waals surface area contributed by atoms with Crippen molar-refractivity contribution >= 4 is 17.5 Å². The molecule has 0 aliphatic heterocycles. The van der Waals surface area contributed by atoms with Gasteiger partial charge in [-0.2, -0.15) is 0 Å². The maximum atomic E-state index is 11.6. The molecule has 0 atom stereocenters. The van der Waals surface area contributed by atoms with Gasteiger partial charge in [-0.05, 0) is 42.8 Å². The minimum absolute atomic E-state index is 0.0189. The summed E-state index contributed by atoms with van der Waals surface area (Å²) in [6, 6.07) is 11.4. The second-order valence-corrected chi connectivity index (χ2v) is 5.17. The predicted molar refractivity (Wildman–Crippen MR) is 83.2 cm³/mol. The lowest BCUT2D eigenvalue weighted by Crippen LogP contribution is -2.28. The molecular weight excluding hydrogens is 288 g/mol. The van der Waals surface area contributed by atoms with Gasteiger partial charge in [-0.25, -0.2) is 0 Å². The summed E-state index contributed by atoms with van der Waals surface area (Å²) in [7, 11) is 0. The van der Waals surface area contributed by atoms with Crippen LogP contribution in [-0.4, -0.2) is 19.0 Å². The molecule has 2 rings (SSSR count). The van der Waals surface area contributed by atoms with Gasteiger partial charge in [0.2, 0.25) is 5.91 Å². The van der Waals surface area contributed by atoms with Crippen LogP contribution in [0.25, 0.3) is 0 Å². The van der Waals surface area contributed by atoms with Gasteiger partial charge in [-0.3, -0.25) is 4.79 Å². The summed E-state index contributed by atoms with van der Waals surface area (Å²) >= 11 is 5.83. The first kappa shape index (κ1) is 15.6. The average Bonchev–Trinajstić information content (AvgIpc) is 3.00. The Morgan fingerprint density at radius 3 is 2.67 bits per heavy atom. The van der Waals surface area contributed by atoms with Crippen molar-refractivity contribution in [2.45, 2.75) is 19.4 Å². The van der Waals surface area contributed by atoms with E-state index < -0.39 is 0 Å². The monoisotopic (exact) mass is 306 g/mol. The van der Waals surface area contributed by atoms with Crippen molar-refractivity contribution in [2.75, 3.05) is 13.1 Å². The van der Waals surface area contributed by atoms with Crippen LogP contribution in [0.2, 0.25) is 5.02 Å². The molecule has 0 spiro atoms. The third-order valence-electron chi connectivity index (χ3n) is 3.07. The summed E-state index contributed by atoms with van der Waals surface area (Å²) in [4.78, 5) is 11.6. The van der Waals surface area contributed by atoms with Crippen molar-refractivity contribution in [3.63, 3.8) is 0 Å². The highest BCUT2D eigenvalue weighted by Crippen LogP contribution is 2.09. The number of hydrogen-bond donors (Lipinski definition) is 2. The molecule has 1 heterocycles. The normalized spacial score (nSPS) is 10.5. The highest BCUT2D eigenvalue weighted by Gasteiger charge is 2.02. The van der Waals surface area contributed by atoms with Crippen LogP contribution in [0.3, 0.4) is 0 Å². The molecule has 0 saturated carbocycles. The summed E-state index contributed by atoms with van der Waals surface area (Å²) in [5.41, 5.74) is 1.23. The quantitative estimate of drug-likeness (QED) is 0.737. The van der Waals surface area contributed by atoms with Crippen LogP contribution in [0.1, 0.15) is 17.7 Å². The van der Waals surface area contributed by atoms with Crippen molar-refractivity contribution in [1.82, 2.24) is 10.6 Å². The van der Waals surface area contributed by atoms with E-state index in [1.807, 2.05) is 30.3 Å². The third kappa shape index (κ3) is 6.02. The highest BCUT2D eigenvalue weighted by atomic mass is 35.5. The minimum Gasteiger partial charge on any atom is -0.467 e. The summed E-state index contributed by atoms with van der Waals surface area (Å²) in [6.45, 7) is 1.95. The topological polar surface area (TPSA) is 54.3 Å². The van der Waals surface area contributed by atoms with Gasteiger partial charge in [0.15, 0.2) is 0 Å². The summed E-state index contributed by atoms with van der Waals surface area (Å²) in [5.74, 6) is 0.782. The Kier molecular flexibility index (Phi) is 6.31. The zero-order valence-corrected chi connectivity index (χ0v) is 12.5. The Morgan fingerprint density at radius 2 is 1.95 bits per heavy atom. The molecular formula is C16H19ClN2O2. The fourth-order valence-electron chi connectivity index (χ4n) is 1.90. The predicted octanol–water partition coefficient (Wildman–Crippen LogP) is 2.77. The molecule has 0 unspecified atom stereocenters. The number of amides is 1. The molecule has 2 N–H and O–H groups in total. The Morgan fingerprint density at radius 1 is 1.14 bits per heavy atom. The van der Waals surface area contributed by atoms with Crippen LogP contribution in [-0.2, 0) is 17.8 Å².